The molecule has 2 N–H and O–H groups in total. The number of fused-ring (bicyclic) bond motifs is 1. The molecule has 2 aliphatic heterocycles. The first kappa shape index (κ1) is 19.5. The molecule has 2 fully saturated rings. The van der Waals surface area contributed by atoms with Gasteiger partial charge >= 0.3 is 0 Å². The summed E-state index contributed by atoms with van der Waals surface area (Å²) in [6, 6.07) is 0. The number of ketones is 1. The molecule has 10 heteroatoms. The third-order valence-corrected chi connectivity index (χ3v) is 5.26. The van der Waals surface area contributed by atoms with Crippen LogP contribution in [-0.4, -0.2) is 68.7 Å². The largest absolute Gasteiger partial charge is 0.479 e. The Balaban J connectivity index is 0.000000253. The van der Waals surface area contributed by atoms with Gasteiger partial charge < -0.3 is 25.0 Å². The Labute approximate surface area is 161 Å². The number of morpholine rings is 1. The van der Waals surface area contributed by atoms with Crippen molar-refractivity contribution in [3.05, 3.63) is 6.20 Å². The number of anilines is 2. The van der Waals surface area contributed by atoms with E-state index in [-0.39, 0.29) is 0 Å². The van der Waals surface area contributed by atoms with Gasteiger partial charge in [0, 0.05) is 39.0 Å². The predicted octanol–water partition coefficient (Wildman–Crippen LogP) is 1.04. The van der Waals surface area contributed by atoms with Gasteiger partial charge in [0.15, 0.2) is 5.13 Å². The minimum Gasteiger partial charge on any atom is -0.479 e. The van der Waals surface area contributed by atoms with E-state index in [1.807, 2.05) is 0 Å². The molecular weight excluding hydrogens is 370 g/mol. The zero-order valence-corrected chi connectivity index (χ0v) is 16.0. The van der Waals surface area contributed by atoms with Crippen LogP contribution in [-0.2, 0) is 14.3 Å². The molecule has 1 amide bonds. The van der Waals surface area contributed by atoms with Crippen molar-refractivity contribution >= 4 is 44.6 Å². The molecular formula is C17H23N5O4S. The summed E-state index contributed by atoms with van der Waals surface area (Å²) in [7, 11) is 1.56. The number of aromatic nitrogens is 2. The van der Waals surface area contributed by atoms with E-state index in [0.717, 1.165) is 49.4 Å². The minimum absolute atomic E-state index is 0.402. The molecule has 2 aliphatic rings. The van der Waals surface area contributed by atoms with Crippen molar-refractivity contribution in [3.63, 3.8) is 0 Å². The number of thiazole rings is 1. The van der Waals surface area contributed by atoms with Crippen LogP contribution in [0.5, 0.6) is 5.88 Å². The van der Waals surface area contributed by atoms with E-state index >= 15 is 0 Å². The molecule has 0 atom stereocenters. The van der Waals surface area contributed by atoms with Gasteiger partial charge in [-0.1, -0.05) is 11.3 Å². The highest BCUT2D eigenvalue weighted by Gasteiger charge is 2.20. The average molecular weight is 393 g/mol. The van der Waals surface area contributed by atoms with Crippen molar-refractivity contribution in [2.75, 3.05) is 56.7 Å². The Hall–Kier alpha value is -2.30. The smallest absolute Gasteiger partial charge is 0.241 e. The van der Waals surface area contributed by atoms with Crippen molar-refractivity contribution in [2.45, 2.75) is 12.8 Å². The number of nitrogens with zero attached hydrogens (tertiary/aromatic N) is 3. The Bertz CT molecular complexity index is 783. The first-order valence-electron chi connectivity index (χ1n) is 8.81. The average Bonchev–Trinajstić information content (AvgIpc) is 3.13. The van der Waals surface area contributed by atoms with Crippen LogP contribution in [0.4, 0.5) is 10.8 Å². The number of Topliss-reactive ketones (excluding diaryl/α,β-unsaturated/α-hetero) is 1. The molecule has 9 nitrogen and oxygen atoms in total. The van der Waals surface area contributed by atoms with E-state index in [2.05, 4.69) is 25.5 Å². The lowest BCUT2D eigenvalue weighted by Crippen LogP contribution is -2.36. The third kappa shape index (κ3) is 4.90. The lowest BCUT2D eigenvalue weighted by atomic mass is 10.1. The van der Waals surface area contributed by atoms with Crippen LogP contribution in [0.1, 0.15) is 12.8 Å². The highest BCUT2D eigenvalue weighted by molar-refractivity contribution is 7.23. The van der Waals surface area contributed by atoms with E-state index in [0.29, 0.717) is 41.9 Å². The maximum absolute atomic E-state index is 10.6. The van der Waals surface area contributed by atoms with Gasteiger partial charge in [-0.2, -0.15) is 0 Å². The number of carbonyl (C=O) groups is 2. The van der Waals surface area contributed by atoms with Gasteiger partial charge in [0.25, 0.3) is 0 Å². The van der Waals surface area contributed by atoms with Gasteiger partial charge in [0.1, 0.15) is 11.3 Å². The molecule has 2 aromatic heterocycles. The van der Waals surface area contributed by atoms with Crippen LogP contribution in [0, 0.1) is 0 Å². The lowest BCUT2D eigenvalue weighted by molar-refractivity contribution is -0.119. The maximum atomic E-state index is 10.6. The number of nitrogens with one attached hydrogen (secondary N) is 2. The van der Waals surface area contributed by atoms with Gasteiger partial charge in [-0.15, -0.1) is 0 Å². The van der Waals surface area contributed by atoms with Gasteiger partial charge in [0.2, 0.25) is 12.3 Å². The number of ether oxygens (including phenoxy) is 2. The van der Waals surface area contributed by atoms with Crippen molar-refractivity contribution in [1.82, 2.24) is 15.3 Å². The normalized spacial score (nSPS) is 17.2. The zero-order valence-electron chi connectivity index (χ0n) is 15.2. The topological polar surface area (TPSA) is 106 Å². The molecule has 0 aromatic carbocycles. The summed E-state index contributed by atoms with van der Waals surface area (Å²) in [6.45, 7) is 4.81. The van der Waals surface area contributed by atoms with Crippen molar-refractivity contribution in [2.24, 2.45) is 0 Å². The molecule has 2 aromatic rings. The summed E-state index contributed by atoms with van der Waals surface area (Å²) in [4.78, 5) is 31.9. The van der Waals surface area contributed by atoms with Gasteiger partial charge in [-0.25, -0.2) is 9.97 Å². The summed E-state index contributed by atoms with van der Waals surface area (Å²) < 4.78 is 11.6. The van der Waals surface area contributed by atoms with Crippen molar-refractivity contribution in [1.29, 1.82) is 0 Å². The molecule has 146 valence electrons. The Morgan fingerprint density at radius 1 is 1.33 bits per heavy atom. The fraction of sp³-hybridized carbons (Fsp3) is 0.529. The first-order valence-corrected chi connectivity index (χ1v) is 9.63. The molecule has 0 spiro atoms. The van der Waals surface area contributed by atoms with Gasteiger partial charge in [-0.05, 0) is 0 Å². The second kappa shape index (κ2) is 9.58. The fourth-order valence-corrected chi connectivity index (χ4v) is 3.83. The SMILES string of the molecule is COc1ncc(N2CCOCC2)c2sc(NC=O)nc12.O=C1CCNCC1. The summed E-state index contributed by atoms with van der Waals surface area (Å²) in [5.41, 5.74) is 1.67. The quantitative estimate of drug-likeness (QED) is 0.743. The van der Waals surface area contributed by atoms with Crippen LogP contribution in [0.15, 0.2) is 6.20 Å². The van der Waals surface area contributed by atoms with E-state index in [9.17, 15) is 9.59 Å². The maximum Gasteiger partial charge on any atom is 0.241 e. The molecule has 0 radical (unpaired) electrons. The number of pyridine rings is 1. The van der Waals surface area contributed by atoms with Crippen LogP contribution < -0.4 is 20.3 Å². The first-order chi connectivity index (χ1) is 13.2. The molecule has 0 bridgehead atoms. The van der Waals surface area contributed by atoms with Crippen LogP contribution in [0.3, 0.4) is 0 Å². The third-order valence-electron chi connectivity index (χ3n) is 4.26. The molecule has 2 saturated heterocycles. The zero-order chi connectivity index (χ0) is 19.1. The molecule has 27 heavy (non-hydrogen) atoms. The van der Waals surface area contributed by atoms with E-state index in [1.54, 1.807) is 13.3 Å². The molecule has 4 heterocycles. The molecule has 0 saturated carbocycles. The number of rotatable bonds is 4. The molecule has 0 aliphatic carbocycles. The number of carbonyl (C=O) groups excluding carboxylic acids is 2. The summed E-state index contributed by atoms with van der Waals surface area (Å²) in [5, 5.41) is 6.21. The molecule has 0 unspecified atom stereocenters. The lowest BCUT2D eigenvalue weighted by Gasteiger charge is -2.28. The second-order valence-corrected chi connectivity index (χ2v) is 7.00. The number of hydrogen-bond acceptors (Lipinski definition) is 9. The highest BCUT2D eigenvalue weighted by atomic mass is 32.1. The highest BCUT2D eigenvalue weighted by Crippen LogP contribution is 2.37. The number of hydrogen-bond donors (Lipinski definition) is 2. The summed E-state index contributed by atoms with van der Waals surface area (Å²) in [6.07, 6.45) is 3.88. The number of amides is 1. The Morgan fingerprint density at radius 2 is 2.07 bits per heavy atom. The van der Waals surface area contributed by atoms with E-state index in [1.165, 1.54) is 11.3 Å². The minimum atomic E-state index is 0.402. The van der Waals surface area contributed by atoms with Crippen LogP contribution in [0.25, 0.3) is 10.2 Å². The van der Waals surface area contributed by atoms with Crippen LogP contribution >= 0.6 is 11.3 Å². The molecule has 4 rings (SSSR count). The standard InChI is InChI=1S/C12H14N4O3S.C5H9NO/c1-18-11-9-10(20-12(15-9)14-7-17)8(6-13-11)16-2-4-19-5-3-16;7-5-1-3-6-4-2-5/h6-7H,2-5H2,1H3,(H,14,15,17);6H,1-4H2. The van der Waals surface area contributed by atoms with Gasteiger partial charge in [0.05, 0.1) is 36.9 Å². The van der Waals surface area contributed by atoms with E-state index < -0.39 is 0 Å². The fourth-order valence-electron chi connectivity index (χ4n) is 2.87. The van der Waals surface area contributed by atoms with Crippen LogP contribution in [0.2, 0.25) is 0 Å². The summed E-state index contributed by atoms with van der Waals surface area (Å²) in [5.74, 6) is 0.867. The van der Waals surface area contributed by atoms with E-state index in [4.69, 9.17) is 9.47 Å². The second-order valence-electron chi connectivity index (χ2n) is 6.00. The monoisotopic (exact) mass is 393 g/mol. The van der Waals surface area contributed by atoms with Gasteiger partial charge in [-0.3, -0.25) is 9.59 Å². The summed E-state index contributed by atoms with van der Waals surface area (Å²) >= 11 is 1.42. The Kier molecular flexibility index (Phi) is 6.91. The van der Waals surface area contributed by atoms with Crippen molar-refractivity contribution in [3.8, 4) is 5.88 Å². The Morgan fingerprint density at radius 3 is 2.67 bits per heavy atom. The van der Waals surface area contributed by atoms with Crippen molar-refractivity contribution < 1.29 is 19.1 Å². The number of piperidine rings is 1. The number of methoxy groups -OCH3 is 1. The predicted molar refractivity (Wildman–Crippen MR) is 104 cm³/mol.